The zero-order valence-corrected chi connectivity index (χ0v) is 10.9. The molecule has 0 amide bonds. The van der Waals surface area contributed by atoms with Gasteiger partial charge in [0.1, 0.15) is 0 Å². The third-order valence-electron chi connectivity index (χ3n) is 4.36. The van der Waals surface area contributed by atoms with Gasteiger partial charge in [0, 0.05) is 19.1 Å². The van der Waals surface area contributed by atoms with Crippen LogP contribution >= 0.6 is 0 Å². The Hall–Kier alpha value is -0.0800. The van der Waals surface area contributed by atoms with Gasteiger partial charge in [-0.25, -0.2) is 0 Å². The summed E-state index contributed by atoms with van der Waals surface area (Å²) in [5, 5.41) is 3.54. The Morgan fingerprint density at radius 1 is 1.06 bits per heavy atom. The summed E-state index contributed by atoms with van der Waals surface area (Å²) in [6, 6.07) is 0.936. The van der Waals surface area contributed by atoms with E-state index in [0.717, 1.165) is 12.0 Å². The molecule has 0 aromatic carbocycles. The van der Waals surface area contributed by atoms with Gasteiger partial charge in [0.25, 0.3) is 0 Å². The lowest BCUT2D eigenvalue weighted by atomic mass is 9.78. The molecule has 2 nitrogen and oxygen atoms in total. The first-order chi connectivity index (χ1) is 7.92. The molecule has 0 aromatic heterocycles. The molecule has 0 unspecified atom stereocenters. The van der Waals surface area contributed by atoms with E-state index >= 15 is 0 Å². The van der Waals surface area contributed by atoms with E-state index < -0.39 is 0 Å². The molecule has 0 spiro atoms. The Morgan fingerprint density at radius 3 is 2.75 bits per heavy atom. The van der Waals surface area contributed by atoms with Crippen molar-refractivity contribution in [3.63, 3.8) is 0 Å². The summed E-state index contributed by atoms with van der Waals surface area (Å²) < 4.78 is 0. The maximum atomic E-state index is 3.54. The fraction of sp³-hybridized carbons (Fsp3) is 1.00. The van der Waals surface area contributed by atoms with E-state index in [4.69, 9.17) is 0 Å². The zero-order valence-electron chi connectivity index (χ0n) is 10.9. The number of fused-ring (bicyclic) bond motifs is 1. The molecule has 94 valence electrons. The average Bonchev–Trinajstić information content (AvgIpc) is 2.35. The molecule has 1 saturated carbocycles. The molecule has 16 heavy (non-hydrogen) atoms. The van der Waals surface area contributed by atoms with Crippen molar-refractivity contribution in [2.45, 2.75) is 57.9 Å². The van der Waals surface area contributed by atoms with E-state index in [0.29, 0.717) is 0 Å². The second-order valence-electron chi connectivity index (χ2n) is 5.54. The van der Waals surface area contributed by atoms with Crippen LogP contribution in [0, 0.1) is 5.92 Å². The Kier molecular flexibility index (Phi) is 5.11. The van der Waals surface area contributed by atoms with Crippen molar-refractivity contribution in [3.8, 4) is 0 Å². The normalized spacial score (nSPS) is 31.3. The van der Waals surface area contributed by atoms with Gasteiger partial charge < -0.3 is 5.32 Å². The topological polar surface area (TPSA) is 15.3 Å². The summed E-state index contributed by atoms with van der Waals surface area (Å²) in [5.74, 6) is 1.04. The van der Waals surface area contributed by atoms with Crippen molar-refractivity contribution < 1.29 is 0 Å². The molecule has 0 aromatic rings. The predicted molar refractivity (Wildman–Crippen MR) is 69.7 cm³/mol. The summed E-state index contributed by atoms with van der Waals surface area (Å²) in [4.78, 5) is 2.77. The summed E-state index contributed by atoms with van der Waals surface area (Å²) in [5.41, 5.74) is 0. The van der Waals surface area contributed by atoms with Gasteiger partial charge in [-0.1, -0.05) is 19.8 Å². The van der Waals surface area contributed by atoms with E-state index in [-0.39, 0.29) is 0 Å². The number of nitrogens with zero attached hydrogens (tertiary/aromatic N) is 1. The maximum Gasteiger partial charge on any atom is 0.0124 e. The highest BCUT2D eigenvalue weighted by molar-refractivity contribution is 4.87. The van der Waals surface area contributed by atoms with Crippen LogP contribution in [-0.2, 0) is 0 Å². The SMILES string of the molecule is CCCNCCN1CCC[C@H]2CCCC[C@H]21. The lowest BCUT2D eigenvalue weighted by molar-refractivity contribution is 0.0619. The molecule has 2 aliphatic rings. The smallest absolute Gasteiger partial charge is 0.0124 e. The highest BCUT2D eigenvalue weighted by Crippen LogP contribution is 2.34. The first-order valence-electron chi connectivity index (χ1n) is 7.36. The third-order valence-corrected chi connectivity index (χ3v) is 4.36. The maximum absolute atomic E-state index is 3.54. The van der Waals surface area contributed by atoms with Gasteiger partial charge in [-0.05, 0) is 51.1 Å². The van der Waals surface area contributed by atoms with E-state index in [1.54, 1.807) is 0 Å². The molecular weight excluding hydrogens is 196 g/mol. The van der Waals surface area contributed by atoms with Crippen LogP contribution in [0.25, 0.3) is 0 Å². The van der Waals surface area contributed by atoms with Crippen LogP contribution in [0.15, 0.2) is 0 Å². The summed E-state index contributed by atoms with van der Waals surface area (Å²) in [6.07, 6.45) is 10.1. The molecule has 1 aliphatic carbocycles. The van der Waals surface area contributed by atoms with Crippen LogP contribution in [0.4, 0.5) is 0 Å². The monoisotopic (exact) mass is 224 g/mol. The van der Waals surface area contributed by atoms with Gasteiger partial charge in [-0.3, -0.25) is 4.90 Å². The molecule has 1 N–H and O–H groups in total. The molecule has 1 saturated heterocycles. The van der Waals surface area contributed by atoms with Crippen LogP contribution in [0.5, 0.6) is 0 Å². The van der Waals surface area contributed by atoms with E-state index in [1.165, 1.54) is 71.1 Å². The Bertz CT molecular complexity index is 191. The molecule has 2 heteroatoms. The minimum absolute atomic E-state index is 0.936. The Morgan fingerprint density at radius 2 is 1.88 bits per heavy atom. The van der Waals surface area contributed by atoms with Crippen LogP contribution in [-0.4, -0.2) is 37.1 Å². The second kappa shape index (κ2) is 6.61. The van der Waals surface area contributed by atoms with Crippen molar-refractivity contribution in [3.05, 3.63) is 0 Å². The molecular formula is C14H28N2. The third kappa shape index (κ3) is 3.21. The lowest BCUT2D eigenvalue weighted by Crippen LogP contribution is -2.48. The van der Waals surface area contributed by atoms with Gasteiger partial charge in [-0.2, -0.15) is 0 Å². The van der Waals surface area contributed by atoms with Crippen LogP contribution in [0.3, 0.4) is 0 Å². The fourth-order valence-electron chi connectivity index (χ4n) is 3.53. The summed E-state index contributed by atoms with van der Waals surface area (Å²) in [7, 11) is 0. The minimum Gasteiger partial charge on any atom is -0.315 e. The van der Waals surface area contributed by atoms with E-state index in [9.17, 15) is 0 Å². The van der Waals surface area contributed by atoms with Gasteiger partial charge in [0.05, 0.1) is 0 Å². The highest BCUT2D eigenvalue weighted by atomic mass is 15.2. The van der Waals surface area contributed by atoms with Crippen molar-refractivity contribution in [2.75, 3.05) is 26.2 Å². The van der Waals surface area contributed by atoms with Crippen molar-refractivity contribution in [1.29, 1.82) is 0 Å². The Balaban J connectivity index is 1.74. The number of hydrogen-bond acceptors (Lipinski definition) is 2. The lowest BCUT2D eigenvalue weighted by Gasteiger charge is -2.44. The van der Waals surface area contributed by atoms with E-state index in [1.807, 2.05) is 0 Å². The van der Waals surface area contributed by atoms with Crippen molar-refractivity contribution in [1.82, 2.24) is 10.2 Å². The van der Waals surface area contributed by atoms with Gasteiger partial charge in [-0.15, -0.1) is 0 Å². The quantitative estimate of drug-likeness (QED) is 0.722. The number of hydrogen-bond donors (Lipinski definition) is 1. The Labute approximate surface area is 101 Å². The first kappa shape index (κ1) is 12.4. The molecule has 1 aliphatic heterocycles. The number of nitrogens with one attached hydrogen (secondary N) is 1. The van der Waals surface area contributed by atoms with E-state index in [2.05, 4.69) is 17.1 Å². The minimum atomic E-state index is 0.936. The number of rotatable bonds is 5. The zero-order chi connectivity index (χ0) is 11.2. The molecule has 1 heterocycles. The summed E-state index contributed by atoms with van der Waals surface area (Å²) in [6.45, 7) is 7.25. The van der Waals surface area contributed by atoms with Gasteiger partial charge in [0.2, 0.25) is 0 Å². The second-order valence-corrected chi connectivity index (χ2v) is 5.54. The van der Waals surface area contributed by atoms with Gasteiger partial charge >= 0.3 is 0 Å². The molecule has 2 fully saturated rings. The number of piperidine rings is 1. The van der Waals surface area contributed by atoms with Crippen LogP contribution in [0.1, 0.15) is 51.9 Å². The largest absolute Gasteiger partial charge is 0.315 e. The van der Waals surface area contributed by atoms with Crippen molar-refractivity contribution >= 4 is 0 Å². The predicted octanol–water partition coefficient (Wildman–Crippen LogP) is 2.64. The molecule has 2 atom stereocenters. The summed E-state index contributed by atoms with van der Waals surface area (Å²) >= 11 is 0. The van der Waals surface area contributed by atoms with Crippen LogP contribution < -0.4 is 5.32 Å². The van der Waals surface area contributed by atoms with Crippen LogP contribution in [0.2, 0.25) is 0 Å². The number of likely N-dealkylation sites (tertiary alicyclic amines) is 1. The van der Waals surface area contributed by atoms with Crippen molar-refractivity contribution in [2.24, 2.45) is 5.92 Å². The highest BCUT2D eigenvalue weighted by Gasteiger charge is 2.32. The molecule has 2 rings (SSSR count). The standard InChI is InChI=1S/C14H28N2/c1-2-9-15-10-12-16-11-5-7-13-6-3-4-8-14(13)16/h13-15H,2-12H2,1H3/t13-,14-/m1/s1. The molecule has 0 bridgehead atoms. The first-order valence-corrected chi connectivity index (χ1v) is 7.36. The molecule has 0 radical (unpaired) electrons. The average molecular weight is 224 g/mol. The van der Waals surface area contributed by atoms with Gasteiger partial charge in [0.15, 0.2) is 0 Å². The fourth-order valence-corrected chi connectivity index (χ4v) is 3.53.